The molecule has 1 heterocycles. The molecule has 1 aliphatic heterocycles. The third-order valence-electron chi connectivity index (χ3n) is 4.05. The highest BCUT2D eigenvalue weighted by Crippen LogP contribution is 2.28. The molecule has 2 unspecified atom stereocenters. The van der Waals surface area contributed by atoms with Gasteiger partial charge in [0, 0.05) is 24.2 Å². The summed E-state index contributed by atoms with van der Waals surface area (Å²) in [5, 5.41) is 0.791. The van der Waals surface area contributed by atoms with Crippen molar-refractivity contribution in [2.24, 2.45) is 11.7 Å². The zero-order chi connectivity index (χ0) is 13.0. The van der Waals surface area contributed by atoms with Crippen LogP contribution in [0.3, 0.4) is 0 Å². The topological polar surface area (TPSA) is 29.3 Å². The molecule has 0 radical (unpaired) electrons. The summed E-state index contributed by atoms with van der Waals surface area (Å²) in [5.74, 6) is 0.833. The summed E-state index contributed by atoms with van der Waals surface area (Å²) in [6.45, 7) is 5.31. The van der Waals surface area contributed by atoms with Crippen LogP contribution in [0.5, 0.6) is 0 Å². The Hall–Kier alpha value is -0.570. The van der Waals surface area contributed by atoms with E-state index in [2.05, 4.69) is 24.0 Å². The van der Waals surface area contributed by atoms with Crippen LogP contribution in [-0.4, -0.2) is 24.5 Å². The van der Waals surface area contributed by atoms with Crippen LogP contribution < -0.4 is 5.73 Å². The van der Waals surface area contributed by atoms with Crippen LogP contribution in [0.2, 0.25) is 5.02 Å². The van der Waals surface area contributed by atoms with E-state index in [-0.39, 0.29) is 0 Å². The van der Waals surface area contributed by atoms with E-state index in [0.717, 1.165) is 10.9 Å². The van der Waals surface area contributed by atoms with Gasteiger partial charge in [0.2, 0.25) is 0 Å². The lowest BCUT2D eigenvalue weighted by Gasteiger charge is -2.38. The van der Waals surface area contributed by atoms with Crippen LogP contribution >= 0.6 is 11.6 Å². The van der Waals surface area contributed by atoms with Gasteiger partial charge in [0.1, 0.15) is 0 Å². The Bertz CT molecular complexity index is 363. The van der Waals surface area contributed by atoms with E-state index in [1.54, 1.807) is 0 Å². The molecule has 3 heteroatoms. The van der Waals surface area contributed by atoms with Crippen LogP contribution in [-0.2, 0) is 0 Å². The minimum absolute atomic E-state index is 0.344. The molecule has 2 nitrogen and oxygen atoms in total. The quantitative estimate of drug-likeness (QED) is 0.904. The van der Waals surface area contributed by atoms with Crippen LogP contribution in [0, 0.1) is 5.92 Å². The Balaban J connectivity index is 2.10. The van der Waals surface area contributed by atoms with Crippen molar-refractivity contribution in [3.05, 3.63) is 34.9 Å². The van der Waals surface area contributed by atoms with Crippen molar-refractivity contribution in [2.45, 2.75) is 32.2 Å². The van der Waals surface area contributed by atoms with Crippen molar-refractivity contribution >= 4 is 11.6 Å². The Morgan fingerprint density at radius 3 is 2.72 bits per heavy atom. The van der Waals surface area contributed by atoms with E-state index in [9.17, 15) is 0 Å². The maximum absolute atomic E-state index is 5.99. The fourth-order valence-corrected chi connectivity index (χ4v) is 3.02. The smallest absolute Gasteiger partial charge is 0.0470 e. The fraction of sp³-hybridized carbons (Fsp3) is 0.600. The number of nitrogens with two attached hydrogens (primary N) is 1. The number of hydrogen-bond acceptors (Lipinski definition) is 2. The van der Waals surface area contributed by atoms with Gasteiger partial charge in [-0.2, -0.15) is 0 Å². The summed E-state index contributed by atoms with van der Waals surface area (Å²) < 4.78 is 0. The second kappa shape index (κ2) is 6.55. The molecule has 1 aromatic carbocycles. The van der Waals surface area contributed by atoms with Gasteiger partial charge in [0.05, 0.1) is 0 Å². The van der Waals surface area contributed by atoms with E-state index in [1.807, 2.05) is 12.1 Å². The van der Waals surface area contributed by atoms with Crippen molar-refractivity contribution < 1.29 is 0 Å². The van der Waals surface area contributed by atoms with Crippen LogP contribution in [0.15, 0.2) is 24.3 Å². The average Bonchev–Trinajstić information content (AvgIpc) is 2.42. The molecule has 0 amide bonds. The van der Waals surface area contributed by atoms with Crippen LogP contribution in [0.4, 0.5) is 0 Å². The number of piperidine rings is 1. The lowest BCUT2D eigenvalue weighted by Crippen LogP contribution is -2.40. The first kappa shape index (κ1) is 13.9. The van der Waals surface area contributed by atoms with Crippen molar-refractivity contribution in [3.63, 3.8) is 0 Å². The average molecular weight is 267 g/mol. The molecule has 2 atom stereocenters. The monoisotopic (exact) mass is 266 g/mol. The lowest BCUT2D eigenvalue weighted by molar-refractivity contribution is 0.124. The van der Waals surface area contributed by atoms with Crippen molar-refractivity contribution in [1.82, 2.24) is 4.90 Å². The highest BCUT2D eigenvalue weighted by atomic mass is 35.5. The SMILES string of the molecule is CCC1CCCN(C(CN)c2ccc(Cl)cc2)C1. The van der Waals surface area contributed by atoms with Gasteiger partial charge in [-0.1, -0.05) is 37.1 Å². The van der Waals surface area contributed by atoms with Gasteiger partial charge in [0.25, 0.3) is 0 Å². The van der Waals surface area contributed by atoms with Gasteiger partial charge in [-0.05, 0) is 43.0 Å². The second-order valence-electron chi connectivity index (χ2n) is 5.21. The molecule has 1 saturated heterocycles. The molecular weight excluding hydrogens is 244 g/mol. The molecular formula is C15H23ClN2. The highest BCUT2D eigenvalue weighted by Gasteiger charge is 2.25. The molecule has 0 aromatic heterocycles. The zero-order valence-electron chi connectivity index (χ0n) is 11.1. The molecule has 0 bridgehead atoms. The molecule has 0 saturated carbocycles. The van der Waals surface area contributed by atoms with E-state index >= 15 is 0 Å². The molecule has 0 aliphatic carbocycles. The number of nitrogens with zero attached hydrogens (tertiary/aromatic N) is 1. The number of rotatable bonds is 4. The van der Waals surface area contributed by atoms with Crippen molar-refractivity contribution in [3.8, 4) is 0 Å². The Labute approximate surface area is 115 Å². The lowest BCUT2D eigenvalue weighted by atomic mass is 9.93. The van der Waals surface area contributed by atoms with E-state index < -0.39 is 0 Å². The summed E-state index contributed by atoms with van der Waals surface area (Å²) >= 11 is 5.95. The molecule has 100 valence electrons. The fourth-order valence-electron chi connectivity index (χ4n) is 2.89. The Morgan fingerprint density at radius 2 is 2.11 bits per heavy atom. The number of halogens is 1. The van der Waals surface area contributed by atoms with Crippen molar-refractivity contribution in [1.29, 1.82) is 0 Å². The molecule has 2 rings (SSSR count). The van der Waals surface area contributed by atoms with Crippen molar-refractivity contribution in [2.75, 3.05) is 19.6 Å². The minimum Gasteiger partial charge on any atom is -0.329 e. The predicted molar refractivity (Wildman–Crippen MR) is 77.8 cm³/mol. The third-order valence-corrected chi connectivity index (χ3v) is 4.30. The van der Waals surface area contributed by atoms with Gasteiger partial charge in [-0.3, -0.25) is 4.90 Å². The molecule has 2 N–H and O–H groups in total. The molecule has 0 spiro atoms. The zero-order valence-corrected chi connectivity index (χ0v) is 11.9. The Kier molecular flexibility index (Phi) is 5.04. The summed E-state index contributed by atoms with van der Waals surface area (Å²) in [4.78, 5) is 2.54. The normalized spacial score (nSPS) is 22.9. The summed E-state index contributed by atoms with van der Waals surface area (Å²) in [6.07, 6.45) is 3.93. The molecule has 18 heavy (non-hydrogen) atoms. The largest absolute Gasteiger partial charge is 0.329 e. The van der Waals surface area contributed by atoms with Crippen LogP contribution in [0.25, 0.3) is 0 Å². The van der Waals surface area contributed by atoms with E-state index in [4.69, 9.17) is 17.3 Å². The molecule has 1 aliphatic rings. The van der Waals surface area contributed by atoms with Gasteiger partial charge in [-0.25, -0.2) is 0 Å². The first-order chi connectivity index (χ1) is 8.74. The predicted octanol–water partition coefficient (Wildman–Crippen LogP) is 3.46. The molecule has 1 aromatic rings. The van der Waals surface area contributed by atoms with E-state index in [1.165, 1.54) is 37.9 Å². The highest BCUT2D eigenvalue weighted by molar-refractivity contribution is 6.30. The first-order valence-electron chi connectivity index (χ1n) is 6.94. The van der Waals surface area contributed by atoms with E-state index in [0.29, 0.717) is 12.6 Å². The maximum Gasteiger partial charge on any atom is 0.0470 e. The maximum atomic E-state index is 5.99. The second-order valence-corrected chi connectivity index (χ2v) is 5.65. The first-order valence-corrected chi connectivity index (χ1v) is 7.32. The summed E-state index contributed by atoms with van der Waals surface area (Å²) in [6, 6.07) is 8.48. The summed E-state index contributed by atoms with van der Waals surface area (Å²) in [7, 11) is 0. The third kappa shape index (κ3) is 3.25. The molecule has 1 fully saturated rings. The van der Waals surface area contributed by atoms with Gasteiger partial charge in [0.15, 0.2) is 0 Å². The minimum atomic E-state index is 0.344. The number of hydrogen-bond donors (Lipinski definition) is 1. The standard InChI is InChI=1S/C15H23ClN2/c1-2-12-4-3-9-18(11-12)15(10-17)13-5-7-14(16)8-6-13/h5-8,12,15H,2-4,9-11,17H2,1H3. The van der Waals surface area contributed by atoms with Crippen LogP contribution in [0.1, 0.15) is 37.8 Å². The van der Waals surface area contributed by atoms with Gasteiger partial charge >= 0.3 is 0 Å². The Morgan fingerprint density at radius 1 is 1.39 bits per heavy atom. The van der Waals surface area contributed by atoms with Gasteiger partial charge in [-0.15, -0.1) is 0 Å². The summed E-state index contributed by atoms with van der Waals surface area (Å²) in [5.41, 5.74) is 7.28. The number of likely N-dealkylation sites (tertiary alicyclic amines) is 1. The van der Waals surface area contributed by atoms with Gasteiger partial charge < -0.3 is 5.73 Å². The number of benzene rings is 1.